The average molecular weight is 239 g/mol. The number of amidine groups is 1. The first-order chi connectivity index (χ1) is 7.65. The second-order valence-electron chi connectivity index (χ2n) is 3.04. The van der Waals surface area contributed by atoms with Crippen LogP contribution in [-0.4, -0.2) is 23.2 Å². The van der Waals surface area contributed by atoms with E-state index in [0.29, 0.717) is 5.69 Å². The lowest BCUT2D eigenvalue weighted by Gasteiger charge is -2.04. The van der Waals surface area contributed by atoms with Gasteiger partial charge in [-0.2, -0.15) is 0 Å². The van der Waals surface area contributed by atoms with Crippen molar-refractivity contribution in [1.82, 2.24) is 0 Å². The molecule has 86 valence electrons. The Kier molecular flexibility index (Phi) is 4.65. The summed E-state index contributed by atoms with van der Waals surface area (Å²) < 4.78 is 0. The molecule has 1 rings (SSSR count). The number of thioether (sulfide) groups is 1. The highest BCUT2D eigenvalue weighted by molar-refractivity contribution is 7.98. The molecule has 0 aliphatic rings. The maximum Gasteiger partial charge on any atom is 0.232 e. The van der Waals surface area contributed by atoms with Gasteiger partial charge in [0.1, 0.15) is 5.84 Å². The van der Waals surface area contributed by atoms with Crippen LogP contribution < -0.4 is 11.1 Å². The van der Waals surface area contributed by atoms with Gasteiger partial charge < -0.3 is 16.3 Å². The Morgan fingerprint density at radius 1 is 1.50 bits per heavy atom. The molecule has 0 bridgehead atoms. The van der Waals surface area contributed by atoms with Crippen LogP contribution in [0.3, 0.4) is 0 Å². The predicted molar refractivity (Wildman–Crippen MR) is 64.9 cm³/mol. The molecule has 0 aromatic heterocycles. The minimum atomic E-state index is -0.313. The molecule has 1 aromatic rings. The Morgan fingerprint density at radius 3 is 2.62 bits per heavy atom. The zero-order chi connectivity index (χ0) is 12.0. The van der Waals surface area contributed by atoms with E-state index in [0.717, 1.165) is 4.90 Å². The molecule has 0 saturated carbocycles. The first kappa shape index (κ1) is 12.4. The van der Waals surface area contributed by atoms with Crippen molar-refractivity contribution >= 4 is 29.2 Å². The van der Waals surface area contributed by atoms with Gasteiger partial charge in [0.2, 0.25) is 5.91 Å². The molecule has 4 N–H and O–H groups in total. The van der Waals surface area contributed by atoms with Gasteiger partial charge in [0, 0.05) is 10.6 Å². The van der Waals surface area contributed by atoms with E-state index in [4.69, 9.17) is 10.9 Å². The number of benzene rings is 1. The third kappa shape index (κ3) is 3.82. The SMILES string of the molecule is CSc1ccc(NC(=O)C/C(N)=N/O)cc1. The summed E-state index contributed by atoms with van der Waals surface area (Å²) in [6, 6.07) is 7.42. The second kappa shape index (κ2) is 6.02. The average Bonchev–Trinajstić information content (AvgIpc) is 2.29. The van der Waals surface area contributed by atoms with E-state index < -0.39 is 0 Å². The number of nitrogens with zero attached hydrogens (tertiary/aromatic N) is 1. The van der Waals surface area contributed by atoms with Crippen molar-refractivity contribution in [1.29, 1.82) is 0 Å². The van der Waals surface area contributed by atoms with Crippen molar-refractivity contribution in [3.8, 4) is 0 Å². The lowest BCUT2D eigenvalue weighted by atomic mass is 10.3. The van der Waals surface area contributed by atoms with Crippen molar-refractivity contribution < 1.29 is 10.0 Å². The van der Waals surface area contributed by atoms with Gasteiger partial charge in [-0.25, -0.2) is 0 Å². The summed E-state index contributed by atoms with van der Waals surface area (Å²) >= 11 is 1.63. The number of hydrogen-bond acceptors (Lipinski definition) is 4. The van der Waals surface area contributed by atoms with Gasteiger partial charge >= 0.3 is 0 Å². The van der Waals surface area contributed by atoms with Crippen molar-refractivity contribution in [2.24, 2.45) is 10.9 Å². The van der Waals surface area contributed by atoms with Gasteiger partial charge in [-0.1, -0.05) is 5.16 Å². The quantitative estimate of drug-likeness (QED) is 0.244. The summed E-state index contributed by atoms with van der Waals surface area (Å²) in [6.45, 7) is 0. The van der Waals surface area contributed by atoms with Crippen molar-refractivity contribution in [2.75, 3.05) is 11.6 Å². The number of oxime groups is 1. The number of nitrogens with two attached hydrogens (primary N) is 1. The maximum atomic E-state index is 11.3. The fourth-order valence-corrected chi connectivity index (χ4v) is 1.49. The fourth-order valence-electron chi connectivity index (χ4n) is 1.08. The van der Waals surface area contributed by atoms with Gasteiger partial charge in [0.25, 0.3) is 0 Å². The summed E-state index contributed by atoms with van der Waals surface area (Å²) in [4.78, 5) is 12.5. The molecule has 0 fully saturated rings. The van der Waals surface area contributed by atoms with Crippen molar-refractivity contribution in [3.05, 3.63) is 24.3 Å². The van der Waals surface area contributed by atoms with Crippen LogP contribution in [0.2, 0.25) is 0 Å². The minimum absolute atomic E-state index is 0.113. The molecule has 0 unspecified atom stereocenters. The number of anilines is 1. The normalized spacial score (nSPS) is 11.2. The molecule has 6 heteroatoms. The second-order valence-corrected chi connectivity index (χ2v) is 3.92. The van der Waals surface area contributed by atoms with Crippen LogP contribution in [-0.2, 0) is 4.79 Å². The van der Waals surface area contributed by atoms with Crippen LogP contribution in [0.15, 0.2) is 34.3 Å². The topological polar surface area (TPSA) is 87.7 Å². The van der Waals surface area contributed by atoms with Crippen molar-refractivity contribution in [2.45, 2.75) is 11.3 Å². The highest BCUT2D eigenvalue weighted by Crippen LogP contribution is 2.17. The number of carbonyl (C=O) groups excluding carboxylic acids is 1. The lowest BCUT2D eigenvalue weighted by molar-refractivity contribution is -0.115. The summed E-state index contributed by atoms with van der Waals surface area (Å²) in [7, 11) is 0. The van der Waals surface area contributed by atoms with Crippen molar-refractivity contribution in [3.63, 3.8) is 0 Å². The third-order valence-corrected chi connectivity index (χ3v) is 2.59. The Labute approximate surface area is 97.7 Å². The molecular weight excluding hydrogens is 226 g/mol. The molecule has 0 atom stereocenters. The molecule has 0 radical (unpaired) electrons. The van der Waals surface area contributed by atoms with Crippen LogP contribution in [0.4, 0.5) is 5.69 Å². The smallest absolute Gasteiger partial charge is 0.232 e. The summed E-state index contributed by atoms with van der Waals surface area (Å²) in [5, 5.41) is 13.7. The van der Waals surface area contributed by atoms with E-state index in [1.165, 1.54) is 0 Å². The third-order valence-electron chi connectivity index (χ3n) is 1.84. The Bertz CT molecular complexity index is 390. The number of hydrogen-bond donors (Lipinski definition) is 3. The molecule has 1 amide bonds. The fraction of sp³-hybridized carbons (Fsp3) is 0.200. The molecule has 0 heterocycles. The first-order valence-corrected chi connectivity index (χ1v) is 5.78. The molecule has 0 aliphatic heterocycles. The highest BCUT2D eigenvalue weighted by atomic mass is 32.2. The number of carbonyl (C=O) groups is 1. The zero-order valence-corrected chi connectivity index (χ0v) is 9.62. The predicted octanol–water partition coefficient (Wildman–Crippen LogP) is 1.48. The Morgan fingerprint density at radius 2 is 2.12 bits per heavy atom. The summed E-state index contributed by atoms with van der Waals surface area (Å²) in [5.74, 6) is -0.426. The zero-order valence-electron chi connectivity index (χ0n) is 8.80. The number of amides is 1. The molecule has 1 aromatic carbocycles. The van der Waals surface area contributed by atoms with Gasteiger partial charge in [0.05, 0.1) is 6.42 Å². The summed E-state index contributed by atoms with van der Waals surface area (Å²) in [5.41, 5.74) is 5.90. The maximum absolute atomic E-state index is 11.3. The van der Waals surface area contributed by atoms with Crippen LogP contribution in [0.25, 0.3) is 0 Å². The molecule has 5 nitrogen and oxygen atoms in total. The van der Waals surface area contributed by atoms with Crippen LogP contribution in [0.5, 0.6) is 0 Å². The highest BCUT2D eigenvalue weighted by Gasteiger charge is 2.05. The van der Waals surface area contributed by atoms with E-state index in [1.807, 2.05) is 18.4 Å². The number of rotatable bonds is 4. The molecule has 0 spiro atoms. The number of nitrogens with one attached hydrogen (secondary N) is 1. The van der Waals surface area contributed by atoms with E-state index >= 15 is 0 Å². The van der Waals surface area contributed by atoms with Crippen LogP contribution in [0.1, 0.15) is 6.42 Å². The van der Waals surface area contributed by atoms with Gasteiger partial charge in [-0.3, -0.25) is 4.79 Å². The monoisotopic (exact) mass is 239 g/mol. The van der Waals surface area contributed by atoms with E-state index in [2.05, 4.69) is 10.5 Å². The molecular formula is C10H13N3O2S. The lowest BCUT2D eigenvalue weighted by Crippen LogP contribution is -2.21. The standard InChI is InChI=1S/C10H13N3O2S/c1-16-8-4-2-7(3-5-8)12-10(14)6-9(11)13-15/h2-5,15H,6H2,1H3,(H2,11,13)(H,12,14). The summed E-state index contributed by atoms with van der Waals surface area (Å²) in [6.07, 6.45) is 1.85. The van der Waals surface area contributed by atoms with Crippen LogP contribution in [0, 0.1) is 0 Å². The Hall–Kier alpha value is -1.69. The van der Waals surface area contributed by atoms with E-state index in [9.17, 15) is 4.79 Å². The minimum Gasteiger partial charge on any atom is -0.409 e. The van der Waals surface area contributed by atoms with E-state index in [-0.39, 0.29) is 18.2 Å². The van der Waals surface area contributed by atoms with Crippen LogP contribution >= 0.6 is 11.8 Å². The Balaban J connectivity index is 2.56. The molecule has 0 saturated heterocycles. The van der Waals surface area contributed by atoms with E-state index in [1.54, 1.807) is 23.9 Å². The first-order valence-electron chi connectivity index (χ1n) is 4.56. The molecule has 0 aliphatic carbocycles. The molecule has 16 heavy (non-hydrogen) atoms. The van der Waals surface area contributed by atoms with Gasteiger partial charge in [-0.05, 0) is 30.5 Å². The van der Waals surface area contributed by atoms with Gasteiger partial charge in [-0.15, -0.1) is 11.8 Å². The van der Waals surface area contributed by atoms with Gasteiger partial charge in [0.15, 0.2) is 0 Å². The largest absolute Gasteiger partial charge is 0.409 e.